The largest absolute Gasteiger partial charge is 0.493 e. The molecule has 2 rings (SSSR count). The number of rotatable bonds is 8. The SMILES string of the molecule is C/C=C/c1cc(OC)c(OC)c(Oc2ccc(/C=C/COC)cc2)c1. The molecule has 132 valence electrons. The fraction of sp³-hybridized carbons (Fsp3) is 0.238. The van der Waals surface area contributed by atoms with Crippen molar-refractivity contribution in [2.75, 3.05) is 27.9 Å². The van der Waals surface area contributed by atoms with E-state index in [0.29, 0.717) is 23.9 Å². The van der Waals surface area contributed by atoms with Crippen LogP contribution in [0.2, 0.25) is 0 Å². The maximum atomic E-state index is 6.02. The minimum Gasteiger partial charge on any atom is -0.493 e. The van der Waals surface area contributed by atoms with Gasteiger partial charge in [-0.15, -0.1) is 0 Å². The van der Waals surface area contributed by atoms with E-state index in [4.69, 9.17) is 18.9 Å². The quantitative estimate of drug-likeness (QED) is 0.663. The van der Waals surface area contributed by atoms with Gasteiger partial charge in [0, 0.05) is 7.11 Å². The minimum atomic E-state index is 0.569. The lowest BCUT2D eigenvalue weighted by Crippen LogP contribution is -1.95. The van der Waals surface area contributed by atoms with E-state index in [-0.39, 0.29) is 0 Å². The average molecular weight is 340 g/mol. The van der Waals surface area contributed by atoms with Gasteiger partial charge in [-0.05, 0) is 42.3 Å². The summed E-state index contributed by atoms with van der Waals surface area (Å²) in [6.45, 7) is 2.56. The molecule has 0 atom stereocenters. The minimum absolute atomic E-state index is 0.569. The molecule has 0 amide bonds. The summed E-state index contributed by atoms with van der Waals surface area (Å²) in [5, 5.41) is 0. The standard InChI is InChI=1S/C21H24O4/c1-5-7-17-14-19(23-3)21(24-4)20(15-17)25-18-11-9-16(10-12-18)8-6-13-22-2/h5-12,14-15H,13H2,1-4H3/b7-5+,8-6+. The van der Waals surface area contributed by atoms with Crippen molar-refractivity contribution in [1.29, 1.82) is 0 Å². The lowest BCUT2D eigenvalue weighted by molar-refractivity contribution is 0.234. The van der Waals surface area contributed by atoms with Crippen LogP contribution in [-0.4, -0.2) is 27.9 Å². The summed E-state index contributed by atoms with van der Waals surface area (Å²) in [7, 11) is 4.89. The maximum Gasteiger partial charge on any atom is 0.203 e. The van der Waals surface area contributed by atoms with Crippen molar-refractivity contribution in [2.24, 2.45) is 0 Å². The van der Waals surface area contributed by atoms with Gasteiger partial charge in [0.2, 0.25) is 5.75 Å². The van der Waals surface area contributed by atoms with Crippen molar-refractivity contribution < 1.29 is 18.9 Å². The van der Waals surface area contributed by atoms with E-state index >= 15 is 0 Å². The Labute approximate surface area is 149 Å². The van der Waals surface area contributed by atoms with E-state index in [0.717, 1.165) is 16.9 Å². The molecule has 0 aliphatic rings. The van der Waals surface area contributed by atoms with Gasteiger partial charge in [-0.3, -0.25) is 0 Å². The molecule has 25 heavy (non-hydrogen) atoms. The maximum absolute atomic E-state index is 6.02. The number of methoxy groups -OCH3 is 3. The second kappa shape index (κ2) is 9.55. The molecule has 0 unspecified atom stereocenters. The van der Waals surface area contributed by atoms with Gasteiger partial charge in [-0.25, -0.2) is 0 Å². The molecule has 0 saturated heterocycles. The Hall–Kier alpha value is -2.72. The summed E-state index contributed by atoms with van der Waals surface area (Å²) in [6, 6.07) is 11.6. The van der Waals surface area contributed by atoms with Crippen LogP contribution in [0, 0.1) is 0 Å². The van der Waals surface area contributed by atoms with E-state index < -0.39 is 0 Å². The third-order valence-corrected chi connectivity index (χ3v) is 3.51. The highest BCUT2D eigenvalue weighted by Crippen LogP contribution is 2.41. The summed E-state index contributed by atoms with van der Waals surface area (Å²) in [5.41, 5.74) is 2.06. The number of hydrogen-bond acceptors (Lipinski definition) is 4. The smallest absolute Gasteiger partial charge is 0.203 e. The summed E-state index contributed by atoms with van der Waals surface area (Å²) >= 11 is 0. The van der Waals surface area contributed by atoms with E-state index in [1.54, 1.807) is 21.3 Å². The number of hydrogen-bond donors (Lipinski definition) is 0. The number of benzene rings is 2. The van der Waals surface area contributed by atoms with Gasteiger partial charge in [0.25, 0.3) is 0 Å². The average Bonchev–Trinajstić information content (AvgIpc) is 2.63. The molecular weight excluding hydrogens is 316 g/mol. The first kappa shape index (κ1) is 18.6. The lowest BCUT2D eigenvalue weighted by atomic mass is 10.1. The molecule has 0 fully saturated rings. The zero-order valence-corrected chi connectivity index (χ0v) is 15.1. The second-order valence-electron chi connectivity index (χ2n) is 5.28. The van der Waals surface area contributed by atoms with Gasteiger partial charge < -0.3 is 18.9 Å². The number of ether oxygens (including phenoxy) is 4. The first-order valence-corrected chi connectivity index (χ1v) is 8.04. The third-order valence-electron chi connectivity index (χ3n) is 3.51. The van der Waals surface area contributed by atoms with Crippen molar-refractivity contribution >= 4 is 12.2 Å². The highest BCUT2D eigenvalue weighted by Gasteiger charge is 2.14. The van der Waals surface area contributed by atoms with Gasteiger partial charge in [-0.2, -0.15) is 0 Å². The molecule has 0 spiro atoms. The van der Waals surface area contributed by atoms with E-state index in [9.17, 15) is 0 Å². The predicted molar refractivity (Wildman–Crippen MR) is 102 cm³/mol. The highest BCUT2D eigenvalue weighted by atomic mass is 16.5. The van der Waals surface area contributed by atoms with Gasteiger partial charge >= 0.3 is 0 Å². The summed E-state index contributed by atoms with van der Waals surface area (Å²) in [5.74, 6) is 2.53. The highest BCUT2D eigenvalue weighted by molar-refractivity contribution is 5.62. The van der Waals surface area contributed by atoms with E-state index in [1.165, 1.54) is 0 Å². The van der Waals surface area contributed by atoms with Crippen LogP contribution in [-0.2, 0) is 4.74 Å². The summed E-state index contributed by atoms with van der Waals surface area (Å²) in [6.07, 6.45) is 7.92. The van der Waals surface area contributed by atoms with Crippen LogP contribution in [0.25, 0.3) is 12.2 Å². The van der Waals surface area contributed by atoms with Crippen molar-refractivity contribution in [2.45, 2.75) is 6.92 Å². The molecule has 0 bridgehead atoms. The molecule has 0 radical (unpaired) electrons. The Morgan fingerprint density at radius 3 is 2.16 bits per heavy atom. The summed E-state index contributed by atoms with van der Waals surface area (Å²) < 4.78 is 21.9. The second-order valence-corrected chi connectivity index (χ2v) is 5.28. The molecule has 4 heteroatoms. The number of allylic oxidation sites excluding steroid dienone is 1. The molecule has 4 nitrogen and oxygen atoms in total. The lowest BCUT2D eigenvalue weighted by Gasteiger charge is -2.15. The van der Waals surface area contributed by atoms with Crippen LogP contribution >= 0.6 is 0 Å². The van der Waals surface area contributed by atoms with Crippen molar-refractivity contribution in [3.8, 4) is 23.0 Å². The monoisotopic (exact) mass is 340 g/mol. The molecular formula is C21H24O4. The molecule has 0 heterocycles. The molecule has 0 aromatic heterocycles. The molecule has 2 aromatic carbocycles. The molecule has 0 N–H and O–H groups in total. The predicted octanol–water partition coefficient (Wildman–Crippen LogP) is 5.19. The molecule has 0 saturated carbocycles. The van der Waals surface area contributed by atoms with Crippen LogP contribution < -0.4 is 14.2 Å². The molecule has 0 aliphatic carbocycles. The third kappa shape index (κ3) is 5.13. The van der Waals surface area contributed by atoms with Crippen LogP contribution in [0.3, 0.4) is 0 Å². The Bertz CT molecular complexity index is 730. The Morgan fingerprint density at radius 1 is 0.840 bits per heavy atom. The van der Waals surface area contributed by atoms with Crippen molar-refractivity contribution in [3.63, 3.8) is 0 Å². The zero-order valence-electron chi connectivity index (χ0n) is 15.1. The Kier molecular flexibility index (Phi) is 7.11. The topological polar surface area (TPSA) is 36.9 Å². The van der Waals surface area contributed by atoms with Crippen LogP contribution in [0.15, 0.2) is 48.6 Å². The van der Waals surface area contributed by atoms with Crippen LogP contribution in [0.5, 0.6) is 23.0 Å². The van der Waals surface area contributed by atoms with Gasteiger partial charge in [0.05, 0.1) is 20.8 Å². The zero-order chi connectivity index (χ0) is 18.1. The fourth-order valence-corrected chi connectivity index (χ4v) is 2.37. The molecule has 0 aliphatic heterocycles. The van der Waals surface area contributed by atoms with Gasteiger partial charge in [-0.1, -0.05) is 36.4 Å². The normalized spacial score (nSPS) is 11.2. The first-order valence-electron chi connectivity index (χ1n) is 8.04. The Morgan fingerprint density at radius 2 is 1.56 bits per heavy atom. The van der Waals surface area contributed by atoms with Gasteiger partial charge in [0.15, 0.2) is 11.5 Å². The van der Waals surface area contributed by atoms with Crippen LogP contribution in [0.4, 0.5) is 0 Å². The summed E-state index contributed by atoms with van der Waals surface area (Å²) in [4.78, 5) is 0. The van der Waals surface area contributed by atoms with E-state index in [1.807, 2.05) is 67.6 Å². The van der Waals surface area contributed by atoms with Gasteiger partial charge in [0.1, 0.15) is 5.75 Å². The van der Waals surface area contributed by atoms with E-state index in [2.05, 4.69) is 0 Å². The van der Waals surface area contributed by atoms with Crippen LogP contribution in [0.1, 0.15) is 18.1 Å². The fourth-order valence-electron chi connectivity index (χ4n) is 2.37. The first-order chi connectivity index (χ1) is 12.2. The van der Waals surface area contributed by atoms with Crippen molar-refractivity contribution in [3.05, 3.63) is 59.7 Å². The molecule has 2 aromatic rings. The van der Waals surface area contributed by atoms with Crippen molar-refractivity contribution in [1.82, 2.24) is 0 Å². The Balaban J connectivity index is 2.27.